The number of nitrogens with zero attached hydrogens (tertiary/aromatic N) is 4. The number of hydrogen-bond acceptors (Lipinski definition) is 5. The van der Waals surface area contributed by atoms with Crippen LogP contribution in [-0.2, 0) is 19.4 Å². The normalized spacial score (nSPS) is 21.4. The van der Waals surface area contributed by atoms with E-state index in [1.165, 1.54) is 28.4 Å². The second-order valence-electron chi connectivity index (χ2n) is 6.08. The smallest absolute Gasteiger partial charge is 0.251 e. The van der Waals surface area contributed by atoms with Gasteiger partial charge in [0.1, 0.15) is 5.01 Å². The van der Waals surface area contributed by atoms with Gasteiger partial charge in [-0.25, -0.2) is 4.98 Å². The average molecular weight is 317 g/mol. The van der Waals surface area contributed by atoms with Crippen molar-refractivity contribution >= 4 is 17.2 Å². The Labute approximate surface area is 132 Å². The molecule has 1 fully saturated rings. The highest BCUT2D eigenvalue weighted by Crippen LogP contribution is 2.30. The molecule has 2 aromatic heterocycles. The number of rotatable bonds is 4. The highest BCUT2D eigenvalue weighted by Gasteiger charge is 2.26. The Bertz CT molecular complexity index is 685. The lowest BCUT2D eigenvalue weighted by Crippen LogP contribution is -2.21. The maximum Gasteiger partial charge on any atom is 0.251 e. The van der Waals surface area contributed by atoms with Gasteiger partial charge in [-0.15, -0.1) is 11.3 Å². The van der Waals surface area contributed by atoms with E-state index in [0.29, 0.717) is 11.6 Å². The Hall–Kier alpha value is -1.73. The fraction of sp³-hybridized carbons (Fsp3) is 0.533. The molecule has 0 aromatic carbocycles. The number of aryl methyl sites for hydroxylation is 2. The minimum atomic E-state index is -0.418. The van der Waals surface area contributed by atoms with Crippen LogP contribution in [-0.4, -0.2) is 38.7 Å². The summed E-state index contributed by atoms with van der Waals surface area (Å²) in [5.74, 6) is -0.418. The molecule has 6 nitrogen and oxygen atoms in total. The maximum atomic E-state index is 11.2. The van der Waals surface area contributed by atoms with Crippen LogP contribution in [0.5, 0.6) is 0 Å². The molecule has 0 radical (unpaired) electrons. The molecule has 1 atom stereocenters. The highest BCUT2D eigenvalue weighted by molar-refractivity contribution is 7.11. The molecule has 3 heterocycles. The fourth-order valence-electron chi connectivity index (χ4n) is 3.34. The number of amides is 1. The van der Waals surface area contributed by atoms with Crippen LogP contribution >= 0.6 is 11.3 Å². The van der Waals surface area contributed by atoms with Gasteiger partial charge in [0, 0.05) is 24.2 Å². The number of thiazole rings is 1. The third kappa shape index (κ3) is 2.55. The monoisotopic (exact) mass is 317 g/mol. The van der Waals surface area contributed by atoms with Crippen molar-refractivity contribution in [2.24, 2.45) is 5.73 Å². The summed E-state index contributed by atoms with van der Waals surface area (Å²) in [7, 11) is 0. The second kappa shape index (κ2) is 5.48. The SMILES string of the molecule is NC(=O)c1cnn(C2CCN(Cc3nc4c(s3)CCC4)C2)c1. The minimum Gasteiger partial charge on any atom is -0.366 e. The predicted molar refractivity (Wildman–Crippen MR) is 83.8 cm³/mol. The van der Waals surface area contributed by atoms with Gasteiger partial charge in [-0.2, -0.15) is 5.10 Å². The maximum absolute atomic E-state index is 11.2. The fourth-order valence-corrected chi connectivity index (χ4v) is 4.54. The third-order valence-electron chi connectivity index (χ3n) is 4.51. The highest BCUT2D eigenvalue weighted by atomic mass is 32.1. The first-order valence-electron chi connectivity index (χ1n) is 7.73. The molecule has 1 unspecified atom stereocenters. The summed E-state index contributed by atoms with van der Waals surface area (Å²) in [6.07, 6.45) is 7.98. The molecule has 1 saturated heterocycles. The number of carbonyl (C=O) groups excluding carboxylic acids is 1. The van der Waals surface area contributed by atoms with Crippen molar-refractivity contribution in [2.75, 3.05) is 13.1 Å². The van der Waals surface area contributed by atoms with Crippen molar-refractivity contribution in [3.8, 4) is 0 Å². The van der Waals surface area contributed by atoms with Crippen molar-refractivity contribution in [1.82, 2.24) is 19.7 Å². The molecule has 2 aliphatic rings. The number of aromatic nitrogens is 3. The number of carbonyl (C=O) groups is 1. The van der Waals surface area contributed by atoms with Crippen LogP contribution in [0.15, 0.2) is 12.4 Å². The molecule has 22 heavy (non-hydrogen) atoms. The van der Waals surface area contributed by atoms with Gasteiger partial charge in [0.05, 0.1) is 30.0 Å². The van der Waals surface area contributed by atoms with E-state index in [1.807, 2.05) is 16.0 Å². The Morgan fingerprint density at radius 1 is 1.45 bits per heavy atom. The number of nitrogens with two attached hydrogens (primary N) is 1. The van der Waals surface area contributed by atoms with Crippen LogP contribution in [0.25, 0.3) is 0 Å². The molecule has 1 aliphatic heterocycles. The van der Waals surface area contributed by atoms with E-state index in [-0.39, 0.29) is 0 Å². The van der Waals surface area contributed by atoms with Crippen LogP contribution in [0.2, 0.25) is 0 Å². The quantitative estimate of drug-likeness (QED) is 0.924. The van der Waals surface area contributed by atoms with Gasteiger partial charge in [-0.05, 0) is 25.7 Å². The van der Waals surface area contributed by atoms with E-state index in [1.54, 1.807) is 12.4 Å². The van der Waals surface area contributed by atoms with Gasteiger partial charge < -0.3 is 5.73 Å². The van der Waals surface area contributed by atoms with E-state index in [4.69, 9.17) is 10.7 Å². The van der Waals surface area contributed by atoms with E-state index < -0.39 is 5.91 Å². The predicted octanol–water partition coefficient (Wildman–Crippen LogP) is 1.37. The summed E-state index contributed by atoms with van der Waals surface area (Å²) in [4.78, 5) is 19.8. The summed E-state index contributed by atoms with van der Waals surface area (Å²) in [6, 6.07) is 0.319. The Morgan fingerprint density at radius 2 is 2.36 bits per heavy atom. The third-order valence-corrected chi connectivity index (χ3v) is 5.65. The molecule has 4 rings (SSSR count). The zero-order chi connectivity index (χ0) is 15.1. The molecule has 2 N–H and O–H groups in total. The largest absolute Gasteiger partial charge is 0.366 e. The van der Waals surface area contributed by atoms with E-state index in [0.717, 1.165) is 32.5 Å². The van der Waals surface area contributed by atoms with Crippen LogP contribution in [0, 0.1) is 0 Å². The van der Waals surface area contributed by atoms with E-state index in [2.05, 4.69) is 10.00 Å². The van der Waals surface area contributed by atoms with Crippen molar-refractivity contribution in [3.05, 3.63) is 33.5 Å². The molecule has 7 heteroatoms. The molecule has 116 valence electrons. The Balaban J connectivity index is 1.40. The summed E-state index contributed by atoms with van der Waals surface area (Å²) in [5, 5.41) is 5.52. The van der Waals surface area contributed by atoms with Gasteiger partial charge in [0.2, 0.25) is 0 Å². The minimum absolute atomic E-state index is 0.319. The Morgan fingerprint density at radius 3 is 3.14 bits per heavy atom. The topological polar surface area (TPSA) is 77.0 Å². The van der Waals surface area contributed by atoms with Crippen molar-refractivity contribution in [3.63, 3.8) is 0 Å². The van der Waals surface area contributed by atoms with Gasteiger partial charge in [0.15, 0.2) is 0 Å². The number of fused-ring (bicyclic) bond motifs is 1. The Kier molecular flexibility index (Phi) is 3.46. The first kappa shape index (κ1) is 13.9. The number of primary amides is 1. The molecule has 0 saturated carbocycles. The van der Waals surface area contributed by atoms with E-state index >= 15 is 0 Å². The molecule has 1 aliphatic carbocycles. The van der Waals surface area contributed by atoms with Gasteiger partial charge in [-0.1, -0.05) is 0 Å². The first-order valence-corrected chi connectivity index (χ1v) is 8.54. The number of likely N-dealkylation sites (tertiary alicyclic amines) is 1. The molecular weight excluding hydrogens is 298 g/mol. The van der Waals surface area contributed by atoms with Crippen LogP contribution in [0.1, 0.15) is 44.8 Å². The molecule has 1 amide bonds. The molecule has 0 spiro atoms. The van der Waals surface area contributed by atoms with Gasteiger partial charge >= 0.3 is 0 Å². The standard InChI is InChI=1S/C15H19N5OS/c16-15(21)10-6-17-20(7-10)11-4-5-19(8-11)9-14-18-12-2-1-3-13(12)22-14/h6-7,11H,1-5,8-9H2,(H2,16,21). The van der Waals surface area contributed by atoms with Gasteiger partial charge in [0.25, 0.3) is 5.91 Å². The summed E-state index contributed by atoms with van der Waals surface area (Å²) in [5.41, 5.74) is 7.09. The zero-order valence-electron chi connectivity index (χ0n) is 12.4. The van der Waals surface area contributed by atoms with Crippen molar-refractivity contribution in [2.45, 2.75) is 38.3 Å². The summed E-state index contributed by atoms with van der Waals surface area (Å²) in [6.45, 7) is 2.92. The lowest BCUT2D eigenvalue weighted by molar-refractivity contribution is 0.1000. The second-order valence-corrected chi connectivity index (χ2v) is 7.25. The lowest BCUT2D eigenvalue weighted by Gasteiger charge is -2.14. The zero-order valence-corrected chi connectivity index (χ0v) is 13.2. The van der Waals surface area contributed by atoms with E-state index in [9.17, 15) is 4.79 Å². The summed E-state index contributed by atoms with van der Waals surface area (Å²) < 4.78 is 1.88. The lowest BCUT2D eigenvalue weighted by atomic mass is 10.3. The molecule has 2 aromatic rings. The van der Waals surface area contributed by atoms with Crippen molar-refractivity contribution < 1.29 is 4.79 Å². The number of hydrogen-bond donors (Lipinski definition) is 1. The molecular formula is C15H19N5OS. The van der Waals surface area contributed by atoms with Crippen LogP contribution in [0.4, 0.5) is 0 Å². The average Bonchev–Trinajstić information content (AvgIpc) is 3.21. The van der Waals surface area contributed by atoms with Crippen LogP contribution < -0.4 is 5.73 Å². The molecule has 0 bridgehead atoms. The van der Waals surface area contributed by atoms with Crippen molar-refractivity contribution in [1.29, 1.82) is 0 Å². The first-order chi connectivity index (χ1) is 10.7. The van der Waals surface area contributed by atoms with Crippen LogP contribution in [0.3, 0.4) is 0 Å². The van der Waals surface area contributed by atoms with Gasteiger partial charge in [-0.3, -0.25) is 14.4 Å². The summed E-state index contributed by atoms with van der Waals surface area (Å²) >= 11 is 1.88.